The molecule has 0 aliphatic heterocycles. The summed E-state index contributed by atoms with van der Waals surface area (Å²) in [6.07, 6.45) is 1.60. The van der Waals surface area contributed by atoms with Crippen molar-refractivity contribution >= 4 is 11.6 Å². The van der Waals surface area contributed by atoms with Crippen LogP contribution in [0.3, 0.4) is 0 Å². The third-order valence-corrected chi connectivity index (χ3v) is 2.67. The zero-order valence-electron chi connectivity index (χ0n) is 10.5. The van der Waals surface area contributed by atoms with Crippen molar-refractivity contribution in [2.24, 2.45) is 0 Å². The molecule has 2 rings (SSSR count). The van der Waals surface area contributed by atoms with E-state index in [1.54, 1.807) is 30.3 Å². The molecule has 0 saturated carbocycles. The fraction of sp³-hybridized carbons (Fsp3) is 0.214. The first kappa shape index (κ1) is 12.2. The second kappa shape index (κ2) is 4.96. The molecule has 4 nitrogen and oxygen atoms in total. The number of nitrogens with two attached hydrogens (primary N) is 1. The molecule has 1 amide bonds. The van der Waals surface area contributed by atoms with Gasteiger partial charge < -0.3 is 15.1 Å². The van der Waals surface area contributed by atoms with Gasteiger partial charge in [-0.15, -0.1) is 0 Å². The molecule has 0 spiro atoms. The summed E-state index contributed by atoms with van der Waals surface area (Å²) in [4.78, 5) is 13.8. The summed E-state index contributed by atoms with van der Waals surface area (Å²) >= 11 is 0. The predicted octanol–water partition coefficient (Wildman–Crippen LogP) is 2.44. The van der Waals surface area contributed by atoms with Gasteiger partial charge in [0.05, 0.1) is 12.8 Å². The topological polar surface area (TPSA) is 59.5 Å². The zero-order valence-corrected chi connectivity index (χ0v) is 10.5. The Morgan fingerprint density at radius 2 is 2.17 bits per heavy atom. The molecule has 18 heavy (non-hydrogen) atoms. The first-order valence-electron chi connectivity index (χ1n) is 5.71. The number of carbonyl (C=O) groups is 1. The molecule has 0 atom stereocenters. The van der Waals surface area contributed by atoms with Crippen LogP contribution in [0.5, 0.6) is 0 Å². The minimum Gasteiger partial charge on any atom is -0.467 e. The molecule has 0 unspecified atom stereocenters. The van der Waals surface area contributed by atoms with E-state index in [0.717, 1.165) is 11.3 Å². The van der Waals surface area contributed by atoms with Gasteiger partial charge in [0.15, 0.2) is 0 Å². The van der Waals surface area contributed by atoms with Gasteiger partial charge in [0.2, 0.25) is 0 Å². The number of hydrogen-bond donors (Lipinski definition) is 1. The van der Waals surface area contributed by atoms with E-state index in [-0.39, 0.29) is 5.91 Å². The maximum absolute atomic E-state index is 12.2. The van der Waals surface area contributed by atoms with Gasteiger partial charge in [-0.25, -0.2) is 0 Å². The van der Waals surface area contributed by atoms with Gasteiger partial charge >= 0.3 is 0 Å². The molecule has 94 valence electrons. The van der Waals surface area contributed by atoms with Gasteiger partial charge in [0, 0.05) is 18.3 Å². The van der Waals surface area contributed by atoms with Crippen LogP contribution in [0.1, 0.15) is 21.7 Å². The molecule has 4 heteroatoms. The van der Waals surface area contributed by atoms with Crippen molar-refractivity contribution in [3.05, 3.63) is 53.5 Å². The van der Waals surface area contributed by atoms with Crippen LogP contribution >= 0.6 is 0 Å². The van der Waals surface area contributed by atoms with Crippen LogP contribution in [-0.2, 0) is 6.54 Å². The summed E-state index contributed by atoms with van der Waals surface area (Å²) in [7, 11) is 1.74. The van der Waals surface area contributed by atoms with Crippen LogP contribution in [0.4, 0.5) is 5.69 Å². The highest BCUT2D eigenvalue weighted by Gasteiger charge is 2.13. The molecule has 1 heterocycles. The minimum absolute atomic E-state index is 0.0678. The summed E-state index contributed by atoms with van der Waals surface area (Å²) in [5.74, 6) is 0.688. The third kappa shape index (κ3) is 2.71. The number of benzene rings is 1. The molecule has 0 aliphatic carbocycles. The average molecular weight is 244 g/mol. The molecule has 0 bridgehead atoms. The Bertz CT molecular complexity index is 527. The zero-order chi connectivity index (χ0) is 13.1. The molecule has 2 N–H and O–H groups in total. The van der Waals surface area contributed by atoms with Crippen LogP contribution in [0.15, 0.2) is 41.0 Å². The Balaban J connectivity index is 2.15. The van der Waals surface area contributed by atoms with Crippen molar-refractivity contribution in [2.45, 2.75) is 13.5 Å². The van der Waals surface area contributed by atoms with Crippen molar-refractivity contribution in [2.75, 3.05) is 12.8 Å². The normalized spacial score (nSPS) is 10.3. The second-order valence-electron chi connectivity index (χ2n) is 4.37. The fourth-order valence-electron chi connectivity index (χ4n) is 1.86. The van der Waals surface area contributed by atoms with E-state index in [2.05, 4.69) is 0 Å². The van der Waals surface area contributed by atoms with Gasteiger partial charge in [0.25, 0.3) is 5.91 Å². The van der Waals surface area contributed by atoms with E-state index in [1.165, 1.54) is 0 Å². The van der Waals surface area contributed by atoms with Gasteiger partial charge in [-0.1, -0.05) is 0 Å². The molecule has 0 saturated heterocycles. The van der Waals surface area contributed by atoms with Crippen molar-refractivity contribution < 1.29 is 9.21 Å². The first-order valence-corrected chi connectivity index (χ1v) is 5.71. The van der Waals surface area contributed by atoms with Crippen LogP contribution in [0.25, 0.3) is 0 Å². The number of anilines is 1. The fourth-order valence-corrected chi connectivity index (χ4v) is 1.86. The minimum atomic E-state index is -0.0678. The van der Waals surface area contributed by atoms with Crippen LogP contribution in [0.2, 0.25) is 0 Å². The molecule has 0 fully saturated rings. The summed E-state index contributed by atoms with van der Waals surface area (Å²) in [5.41, 5.74) is 7.92. The first-order chi connectivity index (χ1) is 8.56. The number of hydrogen-bond acceptors (Lipinski definition) is 3. The van der Waals surface area contributed by atoms with E-state index in [4.69, 9.17) is 10.2 Å². The smallest absolute Gasteiger partial charge is 0.254 e. The van der Waals surface area contributed by atoms with Crippen LogP contribution in [-0.4, -0.2) is 17.9 Å². The Hall–Kier alpha value is -2.23. The number of amides is 1. The summed E-state index contributed by atoms with van der Waals surface area (Å²) in [6, 6.07) is 9.00. The van der Waals surface area contributed by atoms with E-state index >= 15 is 0 Å². The number of nitrogens with zero attached hydrogens (tertiary/aromatic N) is 1. The van der Waals surface area contributed by atoms with Gasteiger partial charge in [-0.2, -0.15) is 0 Å². The Morgan fingerprint density at radius 1 is 1.39 bits per heavy atom. The van der Waals surface area contributed by atoms with Gasteiger partial charge in [-0.3, -0.25) is 4.79 Å². The SMILES string of the molecule is Cc1cc(N)cc(C(=O)N(C)Cc2ccco2)c1. The number of rotatable bonds is 3. The van der Waals surface area contributed by atoms with Crippen molar-refractivity contribution in [1.82, 2.24) is 4.90 Å². The Kier molecular flexibility index (Phi) is 3.37. The maximum Gasteiger partial charge on any atom is 0.254 e. The Morgan fingerprint density at radius 3 is 2.78 bits per heavy atom. The van der Waals surface area contributed by atoms with Gasteiger partial charge in [0.1, 0.15) is 5.76 Å². The molecule has 1 aromatic heterocycles. The maximum atomic E-state index is 12.2. The molecular weight excluding hydrogens is 228 g/mol. The van der Waals surface area contributed by atoms with Gasteiger partial charge in [-0.05, 0) is 42.8 Å². The average Bonchev–Trinajstić information content (AvgIpc) is 2.79. The van der Waals surface area contributed by atoms with E-state index in [1.807, 2.05) is 25.1 Å². The van der Waals surface area contributed by atoms with Crippen molar-refractivity contribution in [3.63, 3.8) is 0 Å². The van der Waals surface area contributed by atoms with Crippen LogP contribution in [0, 0.1) is 6.92 Å². The predicted molar refractivity (Wildman–Crippen MR) is 70.1 cm³/mol. The Labute approximate surface area is 106 Å². The summed E-state index contributed by atoms with van der Waals surface area (Å²) in [6.45, 7) is 2.36. The lowest BCUT2D eigenvalue weighted by molar-refractivity contribution is 0.0775. The van der Waals surface area contributed by atoms with Crippen LogP contribution < -0.4 is 5.73 Å². The molecule has 0 radical (unpaired) electrons. The second-order valence-corrected chi connectivity index (χ2v) is 4.37. The monoisotopic (exact) mass is 244 g/mol. The van der Waals surface area contributed by atoms with E-state index in [0.29, 0.717) is 17.8 Å². The van der Waals surface area contributed by atoms with E-state index < -0.39 is 0 Å². The lowest BCUT2D eigenvalue weighted by Gasteiger charge is -2.16. The molecule has 2 aromatic rings. The summed E-state index contributed by atoms with van der Waals surface area (Å²) in [5, 5.41) is 0. The van der Waals surface area contributed by atoms with Crippen molar-refractivity contribution in [1.29, 1.82) is 0 Å². The number of carbonyl (C=O) groups excluding carboxylic acids is 1. The molecule has 1 aromatic carbocycles. The molecular formula is C14H16N2O2. The third-order valence-electron chi connectivity index (χ3n) is 2.67. The lowest BCUT2D eigenvalue weighted by Crippen LogP contribution is -2.26. The van der Waals surface area contributed by atoms with E-state index in [9.17, 15) is 4.79 Å². The number of aryl methyl sites for hydroxylation is 1. The van der Waals surface area contributed by atoms with Crippen molar-refractivity contribution in [3.8, 4) is 0 Å². The summed E-state index contributed by atoms with van der Waals surface area (Å²) < 4.78 is 5.22. The lowest BCUT2D eigenvalue weighted by atomic mass is 10.1. The highest BCUT2D eigenvalue weighted by molar-refractivity contribution is 5.95. The highest BCUT2D eigenvalue weighted by Crippen LogP contribution is 2.14. The largest absolute Gasteiger partial charge is 0.467 e. The quantitative estimate of drug-likeness (QED) is 0.844. The number of nitrogen functional groups attached to an aromatic ring is 1. The number of furan rings is 1. The standard InChI is InChI=1S/C14H16N2O2/c1-10-6-11(8-12(15)7-10)14(17)16(2)9-13-4-3-5-18-13/h3-8H,9,15H2,1-2H3. The molecule has 0 aliphatic rings. The highest BCUT2D eigenvalue weighted by atomic mass is 16.3.